The molecule has 0 saturated carbocycles. The molecule has 2 aromatic rings. The zero-order chi connectivity index (χ0) is 14.0. The van der Waals surface area contributed by atoms with Crippen molar-refractivity contribution in [2.75, 3.05) is 0 Å². The molecule has 0 aliphatic heterocycles. The van der Waals surface area contributed by atoms with E-state index in [4.69, 9.17) is 4.74 Å². The smallest absolute Gasteiger partial charge is 0.391 e. The molecule has 0 radical (unpaired) electrons. The number of imidazole rings is 1. The molecule has 0 N–H and O–H groups in total. The lowest BCUT2D eigenvalue weighted by Crippen LogP contribution is -2.26. The van der Waals surface area contributed by atoms with Crippen LogP contribution in [0.1, 0.15) is 26.3 Å². The zero-order valence-electron chi connectivity index (χ0n) is 11.8. The zero-order valence-corrected chi connectivity index (χ0v) is 11.8. The molecule has 4 nitrogen and oxygen atoms in total. The summed E-state index contributed by atoms with van der Waals surface area (Å²) in [4.78, 5) is 12.0. The summed E-state index contributed by atoms with van der Waals surface area (Å²) >= 11 is 0. The molecule has 4 heteroatoms. The first kappa shape index (κ1) is 13.3. The first-order valence-electron chi connectivity index (χ1n) is 6.23. The SMILES string of the molecule is C[n+]1ccn(C(=O)Oc2ccccc2C(C)(C)C)c1. The normalized spacial score (nSPS) is 11.4. The van der Waals surface area contributed by atoms with E-state index in [2.05, 4.69) is 20.8 Å². The second-order valence-electron chi connectivity index (χ2n) is 5.60. The van der Waals surface area contributed by atoms with Crippen LogP contribution in [-0.2, 0) is 12.5 Å². The molecular formula is C15H19N2O2+. The topological polar surface area (TPSA) is 35.1 Å². The first-order valence-corrected chi connectivity index (χ1v) is 6.23. The number of carbonyl (C=O) groups excluding carboxylic acids is 1. The molecule has 0 fully saturated rings. The van der Waals surface area contributed by atoms with Crippen LogP contribution >= 0.6 is 0 Å². The number of aromatic nitrogens is 2. The molecule has 0 aliphatic rings. The summed E-state index contributed by atoms with van der Waals surface area (Å²) in [6.07, 6.45) is 4.72. The van der Waals surface area contributed by atoms with Gasteiger partial charge < -0.3 is 4.74 Å². The van der Waals surface area contributed by atoms with Crippen molar-refractivity contribution >= 4 is 6.09 Å². The van der Waals surface area contributed by atoms with Gasteiger partial charge in [0.25, 0.3) is 6.33 Å². The van der Waals surface area contributed by atoms with Gasteiger partial charge in [-0.2, -0.15) is 4.79 Å². The monoisotopic (exact) mass is 259 g/mol. The minimum atomic E-state index is -0.405. The molecule has 0 bridgehead atoms. The van der Waals surface area contributed by atoms with Crippen molar-refractivity contribution < 1.29 is 14.1 Å². The number of nitrogens with zero attached hydrogens (tertiary/aromatic N) is 2. The molecule has 0 spiro atoms. The molecule has 1 aromatic carbocycles. The van der Waals surface area contributed by atoms with Crippen molar-refractivity contribution in [2.45, 2.75) is 26.2 Å². The Morgan fingerprint density at radius 3 is 2.53 bits per heavy atom. The molecule has 1 aromatic heterocycles. The lowest BCUT2D eigenvalue weighted by Gasteiger charge is -2.21. The third-order valence-electron chi connectivity index (χ3n) is 2.87. The molecule has 0 amide bonds. The van der Waals surface area contributed by atoms with Gasteiger partial charge in [0.2, 0.25) is 0 Å². The number of hydrogen-bond acceptors (Lipinski definition) is 2. The fraction of sp³-hybridized carbons (Fsp3) is 0.333. The van der Waals surface area contributed by atoms with E-state index in [1.165, 1.54) is 4.57 Å². The minimum Gasteiger partial charge on any atom is -0.391 e. The number of ether oxygens (including phenoxy) is 1. The Bertz CT molecular complexity index is 594. The van der Waals surface area contributed by atoms with Crippen molar-refractivity contribution in [3.63, 3.8) is 0 Å². The van der Waals surface area contributed by atoms with Crippen molar-refractivity contribution in [1.29, 1.82) is 0 Å². The summed E-state index contributed by atoms with van der Waals surface area (Å²) in [6, 6.07) is 7.63. The summed E-state index contributed by atoms with van der Waals surface area (Å²) in [5.74, 6) is 0.608. The van der Waals surface area contributed by atoms with Crippen molar-refractivity contribution in [1.82, 2.24) is 4.57 Å². The predicted molar refractivity (Wildman–Crippen MR) is 72.2 cm³/mol. The Labute approximate surface area is 113 Å². The van der Waals surface area contributed by atoms with Crippen molar-refractivity contribution in [2.24, 2.45) is 7.05 Å². The Morgan fingerprint density at radius 1 is 1.26 bits per heavy atom. The summed E-state index contributed by atoms with van der Waals surface area (Å²) in [6.45, 7) is 6.28. The summed E-state index contributed by atoms with van der Waals surface area (Å²) in [5.41, 5.74) is 0.943. The van der Waals surface area contributed by atoms with Gasteiger partial charge in [0.05, 0.1) is 7.05 Å². The Morgan fingerprint density at radius 2 is 1.95 bits per heavy atom. The van der Waals surface area contributed by atoms with Crippen LogP contribution in [0, 0.1) is 0 Å². The molecule has 100 valence electrons. The highest BCUT2D eigenvalue weighted by Crippen LogP contribution is 2.31. The van der Waals surface area contributed by atoms with Crippen LogP contribution in [0.2, 0.25) is 0 Å². The Kier molecular flexibility index (Phi) is 3.42. The molecule has 19 heavy (non-hydrogen) atoms. The summed E-state index contributed by atoms with van der Waals surface area (Å²) < 4.78 is 8.69. The molecule has 0 saturated heterocycles. The fourth-order valence-corrected chi connectivity index (χ4v) is 1.88. The van der Waals surface area contributed by atoms with E-state index in [1.54, 1.807) is 23.3 Å². The van der Waals surface area contributed by atoms with E-state index >= 15 is 0 Å². The van der Waals surface area contributed by atoms with Gasteiger partial charge in [-0.25, -0.2) is 4.57 Å². The minimum absolute atomic E-state index is 0.0712. The fourth-order valence-electron chi connectivity index (χ4n) is 1.88. The summed E-state index contributed by atoms with van der Waals surface area (Å²) in [5, 5.41) is 0. The second kappa shape index (κ2) is 4.88. The lowest BCUT2D eigenvalue weighted by molar-refractivity contribution is -0.670. The highest BCUT2D eigenvalue weighted by Gasteiger charge is 2.22. The average molecular weight is 259 g/mol. The van der Waals surface area contributed by atoms with Crippen LogP contribution in [0.3, 0.4) is 0 Å². The van der Waals surface area contributed by atoms with Gasteiger partial charge in [-0.3, -0.25) is 0 Å². The maximum Gasteiger partial charge on any atom is 0.517 e. The largest absolute Gasteiger partial charge is 0.517 e. The van der Waals surface area contributed by atoms with Gasteiger partial charge in [-0.15, -0.1) is 4.57 Å². The highest BCUT2D eigenvalue weighted by atomic mass is 16.6. The van der Waals surface area contributed by atoms with Gasteiger partial charge in [0, 0.05) is 5.56 Å². The third-order valence-corrected chi connectivity index (χ3v) is 2.87. The van der Waals surface area contributed by atoms with Gasteiger partial charge >= 0.3 is 6.09 Å². The van der Waals surface area contributed by atoms with E-state index in [1.807, 2.05) is 31.3 Å². The van der Waals surface area contributed by atoms with E-state index in [0.29, 0.717) is 5.75 Å². The van der Waals surface area contributed by atoms with E-state index in [9.17, 15) is 4.79 Å². The maximum absolute atomic E-state index is 12.0. The van der Waals surface area contributed by atoms with Crippen molar-refractivity contribution in [3.05, 3.63) is 48.5 Å². The van der Waals surface area contributed by atoms with E-state index < -0.39 is 6.09 Å². The van der Waals surface area contributed by atoms with E-state index in [0.717, 1.165) is 5.56 Å². The molecule has 0 atom stereocenters. The van der Waals surface area contributed by atoms with Crippen LogP contribution in [0.5, 0.6) is 5.75 Å². The van der Waals surface area contributed by atoms with Gasteiger partial charge in [0.15, 0.2) is 0 Å². The first-order chi connectivity index (χ1) is 8.88. The molecule has 2 rings (SSSR count). The van der Waals surface area contributed by atoms with E-state index in [-0.39, 0.29) is 5.41 Å². The van der Waals surface area contributed by atoms with Crippen LogP contribution in [0.4, 0.5) is 4.79 Å². The highest BCUT2D eigenvalue weighted by molar-refractivity contribution is 5.73. The van der Waals surface area contributed by atoms with Crippen LogP contribution < -0.4 is 9.30 Å². The van der Waals surface area contributed by atoms with Gasteiger partial charge in [0.1, 0.15) is 18.1 Å². The molecular weight excluding hydrogens is 240 g/mol. The van der Waals surface area contributed by atoms with Gasteiger partial charge in [-0.1, -0.05) is 39.0 Å². The van der Waals surface area contributed by atoms with Crippen LogP contribution in [0.25, 0.3) is 0 Å². The van der Waals surface area contributed by atoms with Gasteiger partial charge in [-0.05, 0) is 11.5 Å². The standard InChI is InChI=1S/C15H19N2O2/c1-15(2,3)12-7-5-6-8-13(12)19-14(18)17-10-9-16(4)11-17/h5-11H,1-4H3/q+1. The number of rotatable bonds is 1. The molecule has 1 heterocycles. The van der Waals surface area contributed by atoms with Crippen LogP contribution in [0.15, 0.2) is 43.0 Å². The summed E-state index contributed by atoms with van der Waals surface area (Å²) in [7, 11) is 1.85. The number of para-hydroxylation sites is 1. The lowest BCUT2D eigenvalue weighted by atomic mass is 9.86. The number of aryl methyl sites for hydroxylation is 1. The average Bonchev–Trinajstić information content (AvgIpc) is 2.75. The number of benzene rings is 1. The quantitative estimate of drug-likeness (QED) is 0.738. The molecule has 0 aliphatic carbocycles. The molecule has 0 unspecified atom stereocenters. The Balaban J connectivity index is 2.27. The number of hydrogen-bond donors (Lipinski definition) is 0. The number of carbonyl (C=O) groups is 1. The maximum atomic E-state index is 12.0. The second-order valence-corrected chi connectivity index (χ2v) is 5.60. The predicted octanol–water partition coefficient (Wildman–Crippen LogP) is 2.66. The van der Waals surface area contributed by atoms with Crippen molar-refractivity contribution in [3.8, 4) is 5.75 Å². The Hall–Kier alpha value is -2.10. The third kappa shape index (κ3) is 3.02. The van der Waals surface area contributed by atoms with Crippen LogP contribution in [-0.4, -0.2) is 10.7 Å².